The number of hydrogen-bond donors (Lipinski definition) is 0. The van der Waals surface area contributed by atoms with Crippen molar-refractivity contribution in [1.82, 2.24) is 0 Å². The largest absolute Gasteiger partial charge is 0.273 e. The highest BCUT2D eigenvalue weighted by Crippen LogP contribution is 2.04. The Bertz CT molecular complexity index is 389. The second-order valence-corrected chi connectivity index (χ2v) is 6.24. The van der Waals surface area contributed by atoms with Crippen molar-refractivity contribution in [3.63, 3.8) is 0 Å². The molecule has 0 saturated heterocycles. The normalized spacial score (nSPS) is 13.4. The molecule has 0 spiro atoms. The monoisotopic (exact) mass is 318 g/mol. The summed E-state index contributed by atoms with van der Waals surface area (Å²) in [6.07, 6.45) is -6.28. The van der Waals surface area contributed by atoms with Crippen LogP contribution in [0.4, 0.5) is 17.6 Å². The third kappa shape index (κ3) is 9.56. The SMILES string of the molecule is O=S(=O)(CC(F)F)OCCOS(=O)(=O)CC(F)F. The summed E-state index contributed by atoms with van der Waals surface area (Å²) in [5, 5.41) is 0. The molecule has 18 heavy (non-hydrogen) atoms. The van der Waals surface area contributed by atoms with E-state index in [9.17, 15) is 34.4 Å². The first-order valence-electron chi connectivity index (χ1n) is 4.34. The molecule has 0 amide bonds. The average molecular weight is 318 g/mol. The van der Waals surface area contributed by atoms with Gasteiger partial charge in [-0.25, -0.2) is 17.6 Å². The Hall–Kier alpha value is -0.460. The maximum absolute atomic E-state index is 11.7. The molecule has 0 heterocycles. The zero-order chi connectivity index (χ0) is 14.4. The second kappa shape index (κ2) is 7.21. The third-order valence-corrected chi connectivity index (χ3v) is 3.64. The van der Waals surface area contributed by atoms with E-state index in [1.54, 1.807) is 0 Å². The zero-order valence-corrected chi connectivity index (χ0v) is 10.4. The molecule has 0 aliphatic rings. The van der Waals surface area contributed by atoms with Crippen molar-refractivity contribution in [3.05, 3.63) is 0 Å². The van der Waals surface area contributed by atoms with E-state index >= 15 is 0 Å². The Labute approximate surface area is 101 Å². The van der Waals surface area contributed by atoms with Crippen molar-refractivity contribution in [2.75, 3.05) is 24.7 Å². The van der Waals surface area contributed by atoms with E-state index in [0.717, 1.165) is 0 Å². The van der Waals surface area contributed by atoms with Crippen molar-refractivity contribution >= 4 is 20.2 Å². The van der Waals surface area contributed by atoms with Crippen LogP contribution >= 0.6 is 0 Å². The molecule has 0 aromatic heterocycles. The fraction of sp³-hybridized carbons (Fsp3) is 1.00. The minimum atomic E-state index is -4.49. The van der Waals surface area contributed by atoms with Crippen molar-refractivity contribution in [3.8, 4) is 0 Å². The quantitative estimate of drug-likeness (QED) is 0.343. The first-order chi connectivity index (χ1) is 8.04. The molecule has 0 aliphatic heterocycles. The van der Waals surface area contributed by atoms with Crippen LogP contribution < -0.4 is 0 Å². The van der Waals surface area contributed by atoms with Crippen LogP contribution in [0.15, 0.2) is 0 Å². The van der Waals surface area contributed by atoms with Gasteiger partial charge in [0, 0.05) is 0 Å². The van der Waals surface area contributed by atoms with Crippen LogP contribution in [0.2, 0.25) is 0 Å². The summed E-state index contributed by atoms with van der Waals surface area (Å²) < 4.78 is 97.6. The first kappa shape index (κ1) is 17.5. The van der Waals surface area contributed by atoms with E-state index in [1.165, 1.54) is 0 Å². The molecule has 6 nitrogen and oxygen atoms in total. The highest BCUT2D eigenvalue weighted by molar-refractivity contribution is 7.87. The molecule has 110 valence electrons. The van der Waals surface area contributed by atoms with Gasteiger partial charge in [-0.2, -0.15) is 16.8 Å². The molecule has 0 rings (SSSR count). The molecule has 0 atom stereocenters. The standard InChI is InChI=1S/C6H10F4O6S2/c7-5(8)3-17(11,12)15-1-2-16-18(13,14)4-6(9)10/h5-6H,1-4H2. The third-order valence-electron chi connectivity index (χ3n) is 1.27. The molecule has 0 saturated carbocycles. The summed E-state index contributed by atoms with van der Waals surface area (Å²) >= 11 is 0. The Morgan fingerprint density at radius 3 is 1.22 bits per heavy atom. The van der Waals surface area contributed by atoms with Gasteiger partial charge in [-0.05, 0) is 0 Å². The maximum atomic E-state index is 11.7. The lowest BCUT2D eigenvalue weighted by Crippen LogP contribution is -2.22. The molecular formula is C6H10F4O6S2. The van der Waals surface area contributed by atoms with Crippen molar-refractivity contribution in [1.29, 1.82) is 0 Å². The lowest BCUT2D eigenvalue weighted by molar-refractivity contribution is 0.159. The second-order valence-electron chi connectivity index (χ2n) is 2.87. The highest BCUT2D eigenvalue weighted by atomic mass is 32.2. The Morgan fingerprint density at radius 2 is 1.00 bits per heavy atom. The molecule has 0 unspecified atom stereocenters. The van der Waals surface area contributed by atoms with Gasteiger partial charge in [0.05, 0.1) is 13.2 Å². The van der Waals surface area contributed by atoms with Crippen LogP contribution in [0.25, 0.3) is 0 Å². The van der Waals surface area contributed by atoms with Gasteiger partial charge in [-0.3, -0.25) is 8.37 Å². The topological polar surface area (TPSA) is 86.7 Å². The minimum Gasteiger partial charge on any atom is -0.267 e. The van der Waals surface area contributed by atoms with Gasteiger partial charge >= 0.3 is 0 Å². The predicted octanol–water partition coefficient (Wildman–Crippen LogP) is 0.209. The van der Waals surface area contributed by atoms with E-state index < -0.39 is 57.8 Å². The molecule has 0 aromatic carbocycles. The summed E-state index contributed by atoms with van der Waals surface area (Å²) in [6.45, 7) is -1.73. The van der Waals surface area contributed by atoms with Gasteiger partial charge in [0.2, 0.25) is 0 Å². The summed E-state index contributed by atoms with van der Waals surface area (Å²) in [5.74, 6) is -3.09. The highest BCUT2D eigenvalue weighted by Gasteiger charge is 2.21. The van der Waals surface area contributed by atoms with E-state index in [0.29, 0.717) is 0 Å². The van der Waals surface area contributed by atoms with Crippen LogP contribution in [-0.2, 0) is 28.6 Å². The first-order valence-corrected chi connectivity index (χ1v) is 7.50. The van der Waals surface area contributed by atoms with E-state index in [1.807, 2.05) is 0 Å². The molecule has 0 radical (unpaired) electrons. The van der Waals surface area contributed by atoms with Crippen molar-refractivity contribution < 1.29 is 42.8 Å². The number of rotatable bonds is 9. The number of hydrogen-bond acceptors (Lipinski definition) is 6. The minimum absolute atomic E-state index is 0.864. The number of alkyl halides is 4. The van der Waals surface area contributed by atoms with Gasteiger partial charge in [0.1, 0.15) is 11.5 Å². The summed E-state index contributed by atoms with van der Waals surface area (Å²) in [7, 11) is -8.99. The van der Waals surface area contributed by atoms with Gasteiger partial charge in [-0.1, -0.05) is 0 Å². The predicted molar refractivity (Wildman–Crippen MR) is 51.5 cm³/mol. The zero-order valence-electron chi connectivity index (χ0n) is 8.76. The van der Waals surface area contributed by atoms with Crippen molar-refractivity contribution in [2.24, 2.45) is 0 Å². The van der Waals surface area contributed by atoms with Crippen LogP contribution in [0.1, 0.15) is 0 Å². The Balaban J connectivity index is 4.01. The fourth-order valence-corrected chi connectivity index (χ4v) is 2.18. The van der Waals surface area contributed by atoms with Crippen LogP contribution in [0.3, 0.4) is 0 Å². The lowest BCUT2D eigenvalue weighted by Gasteiger charge is -2.06. The van der Waals surface area contributed by atoms with Crippen LogP contribution in [0.5, 0.6) is 0 Å². The number of halogens is 4. The Kier molecular flexibility index (Phi) is 7.02. The summed E-state index contributed by atoms with van der Waals surface area (Å²) in [5.41, 5.74) is 0. The average Bonchev–Trinajstić information content (AvgIpc) is 2.08. The lowest BCUT2D eigenvalue weighted by atomic mass is 10.8. The molecule has 0 bridgehead atoms. The summed E-state index contributed by atoms with van der Waals surface area (Å²) in [4.78, 5) is 0. The van der Waals surface area contributed by atoms with Gasteiger partial charge < -0.3 is 0 Å². The molecule has 0 N–H and O–H groups in total. The molecular weight excluding hydrogens is 308 g/mol. The maximum Gasteiger partial charge on any atom is 0.273 e. The molecule has 12 heteroatoms. The van der Waals surface area contributed by atoms with E-state index in [2.05, 4.69) is 8.37 Å². The van der Waals surface area contributed by atoms with Gasteiger partial charge in [0.15, 0.2) is 0 Å². The smallest absolute Gasteiger partial charge is 0.267 e. The van der Waals surface area contributed by atoms with E-state index in [4.69, 9.17) is 0 Å². The molecule has 0 aromatic rings. The van der Waals surface area contributed by atoms with Crippen molar-refractivity contribution in [2.45, 2.75) is 12.9 Å². The summed E-state index contributed by atoms with van der Waals surface area (Å²) in [6, 6.07) is 0. The van der Waals surface area contributed by atoms with E-state index in [-0.39, 0.29) is 0 Å². The molecule has 0 aliphatic carbocycles. The van der Waals surface area contributed by atoms with Crippen LogP contribution in [-0.4, -0.2) is 54.4 Å². The van der Waals surface area contributed by atoms with Crippen LogP contribution in [0, 0.1) is 0 Å². The van der Waals surface area contributed by atoms with Gasteiger partial charge in [-0.15, -0.1) is 0 Å². The Morgan fingerprint density at radius 1 is 0.722 bits per heavy atom. The van der Waals surface area contributed by atoms with Gasteiger partial charge in [0.25, 0.3) is 33.1 Å². The fourth-order valence-electron chi connectivity index (χ4n) is 0.727. The molecule has 0 fully saturated rings.